The van der Waals surface area contributed by atoms with Crippen molar-refractivity contribution in [3.05, 3.63) is 0 Å². The van der Waals surface area contributed by atoms with Gasteiger partial charge in [0.25, 0.3) is 0 Å². The minimum Gasteiger partial charge on any atom is -0.453 e. The van der Waals surface area contributed by atoms with Gasteiger partial charge >= 0.3 is 6.09 Å². The number of fused-ring (bicyclic) bond motifs is 1. The second kappa shape index (κ2) is 9.26. The molecule has 0 bridgehead atoms. The molecule has 3 rings (SSSR count). The lowest BCUT2D eigenvalue weighted by Crippen LogP contribution is -2.41. The molecular formula is C16H32N2O3. The minimum absolute atomic E-state index is 0.187. The maximum atomic E-state index is 10.7. The number of ether oxygens (including phenoxy) is 1. The van der Waals surface area contributed by atoms with Gasteiger partial charge in [0.15, 0.2) is 0 Å². The summed E-state index contributed by atoms with van der Waals surface area (Å²) in [4.78, 5) is 14.9. The predicted octanol–water partition coefficient (Wildman–Crippen LogP) is 2.48. The van der Waals surface area contributed by atoms with Gasteiger partial charge in [-0.3, -0.25) is 4.90 Å². The molecule has 1 amide bonds. The summed E-state index contributed by atoms with van der Waals surface area (Å²) in [5.74, 6) is 0. The first-order valence-corrected chi connectivity index (χ1v) is 8.41. The van der Waals surface area contributed by atoms with Crippen LogP contribution in [0.25, 0.3) is 0 Å². The third-order valence-electron chi connectivity index (χ3n) is 4.64. The smallest absolute Gasteiger partial charge is 0.409 e. The van der Waals surface area contributed by atoms with E-state index in [0.29, 0.717) is 6.61 Å². The monoisotopic (exact) mass is 300 g/mol. The Kier molecular flexibility index (Phi) is 8.04. The third-order valence-corrected chi connectivity index (χ3v) is 4.64. The second-order valence-electron chi connectivity index (χ2n) is 5.74. The van der Waals surface area contributed by atoms with Gasteiger partial charge in [-0.1, -0.05) is 13.8 Å². The fourth-order valence-corrected chi connectivity index (χ4v) is 3.51. The van der Waals surface area contributed by atoms with Gasteiger partial charge in [-0.25, -0.2) is 4.79 Å². The Morgan fingerprint density at radius 3 is 1.95 bits per heavy atom. The van der Waals surface area contributed by atoms with Crippen LogP contribution in [0.4, 0.5) is 4.79 Å². The summed E-state index contributed by atoms with van der Waals surface area (Å²) >= 11 is 0. The van der Waals surface area contributed by atoms with E-state index >= 15 is 0 Å². The van der Waals surface area contributed by atoms with Gasteiger partial charge in [-0.2, -0.15) is 0 Å². The molecule has 0 atom stereocenters. The van der Waals surface area contributed by atoms with Crippen LogP contribution in [0, 0.1) is 0 Å². The van der Waals surface area contributed by atoms with Crippen LogP contribution in [0.15, 0.2) is 0 Å². The van der Waals surface area contributed by atoms with Crippen molar-refractivity contribution in [2.45, 2.75) is 57.9 Å². The highest BCUT2D eigenvalue weighted by molar-refractivity contribution is 5.67. The molecule has 0 spiro atoms. The summed E-state index contributed by atoms with van der Waals surface area (Å²) in [5, 5.41) is 9.19. The number of carbonyl (C=O) groups is 1. The van der Waals surface area contributed by atoms with Crippen molar-refractivity contribution in [1.82, 2.24) is 9.80 Å². The van der Waals surface area contributed by atoms with Gasteiger partial charge in [0.05, 0.1) is 13.7 Å². The Morgan fingerprint density at radius 1 is 1.05 bits per heavy atom. The first-order valence-electron chi connectivity index (χ1n) is 8.41. The van der Waals surface area contributed by atoms with Crippen molar-refractivity contribution in [3.63, 3.8) is 0 Å². The Balaban J connectivity index is 0.000000189. The number of methoxy groups -OCH3 is 1. The normalized spacial score (nSPS) is 22.8. The molecule has 3 fully saturated rings. The SMILES string of the molecule is CC.COC(=O)N1CCCC1.OCC12CCCN1CCC2. The summed E-state index contributed by atoms with van der Waals surface area (Å²) in [6.07, 6.45) is 7.09. The highest BCUT2D eigenvalue weighted by Crippen LogP contribution is 2.37. The maximum Gasteiger partial charge on any atom is 0.409 e. The number of amides is 1. The van der Waals surface area contributed by atoms with Gasteiger partial charge in [-0.05, 0) is 51.6 Å². The highest BCUT2D eigenvalue weighted by atomic mass is 16.5. The fourth-order valence-electron chi connectivity index (χ4n) is 3.51. The molecule has 0 aromatic heterocycles. The van der Waals surface area contributed by atoms with Gasteiger partial charge in [0.1, 0.15) is 0 Å². The Morgan fingerprint density at radius 2 is 1.57 bits per heavy atom. The lowest BCUT2D eigenvalue weighted by molar-refractivity contribution is 0.0999. The van der Waals surface area contributed by atoms with Crippen molar-refractivity contribution in [2.24, 2.45) is 0 Å². The molecule has 3 aliphatic heterocycles. The van der Waals surface area contributed by atoms with E-state index in [1.807, 2.05) is 13.8 Å². The zero-order chi connectivity index (χ0) is 15.7. The Hall–Kier alpha value is -0.810. The average molecular weight is 300 g/mol. The number of carbonyl (C=O) groups excluding carboxylic acids is 1. The highest BCUT2D eigenvalue weighted by Gasteiger charge is 2.43. The lowest BCUT2D eigenvalue weighted by atomic mass is 9.96. The summed E-state index contributed by atoms with van der Waals surface area (Å²) in [6.45, 7) is 8.56. The van der Waals surface area contributed by atoms with E-state index in [-0.39, 0.29) is 11.6 Å². The second-order valence-corrected chi connectivity index (χ2v) is 5.74. The van der Waals surface area contributed by atoms with Crippen molar-refractivity contribution in [1.29, 1.82) is 0 Å². The molecule has 21 heavy (non-hydrogen) atoms. The Labute approximate surface area is 129 Å². The summed E-state index contributed by atoms with van der Waals surface area (Å²) in [5.41, 5.74) is 0.236. The molecule has 0 aromatic rings. The molecule has 0 radical (unpaired) electrons. The standard InChI is InChI=1S/C8H15NO.C6H11NO2.C2H6/c10-7-8-3-1-5-9(8)6-2-4-8;1-9-6(8)7-4-2-3-5-7;1-2/h10H,1-7H2;2-5H2,1H3;1-2H3. The summed E-state index contributed by atoms with van der Waals surface area (Å²) < 4.78 is 4.52. The number of nitrogens with zero attached hydrogens (tertiary/aromatic N) is 2. The van der Waals surface area contributed by atoms with Crippen LogP contribution in [0.1, 0.15) is 52.4 Å². The maximum absolute atomic E-state index is 10.7. The van der Waals surface area contributed by atoms with Crippen molar-refractivity contribution in [2.75, 3.05) is 39.9 Å². The van der Waals surface area contributed by atoms with E-state index in [0.717, 1.165) is 25.9 Å². The molecule has 0 aromatic carbocycles. The lowest BCUT2D eigenvalue weighted by Gasteiger charge is -2.29. The molecular weight excluding hydrogens is 268 g/mol. The number of aliphatic hydroxyl groups excluding tert-OH is 1. The van der Waals surface area contributed by atoms with Crippen molar-refractivity contribution < 1.29 is 14.6 Å². The number of hydrogen-bond donors (Lipinski definition) is 1. The molecule has 3 aliphatic rings. The van der Waals surface area contributed by atoms with E-state index in [2.05, 4.69) is 9.64 Å². The average Bonchev–Trinajstić information content (AvgIpc) is 3.25. The zero-order valence-corrected chi connectivity index (χ0v) is 13.9. The molecule has 5 heteroatoms. The molecule has 5 nitrogen and oxygen atoms in total. The number of likely N-dealkylation sites (tertiary alicyclic amines) is 1. The molecule has 0 saturated carbocycles. The van der Waals surface area contributed by atoms with E-state index in [1.54, 1.807) is 4.90 Å². The first kappa shape index (κ1) is 18.2. The topological polar surface area (TPSA) is 53.0 Å². The minimum atomic E-state index is -0.187. The van der Waals surface area contributed by atoms with E-state index < -0.39 is 0 Å². The number of rotatable bonds is 1. The summed E-state index contributed by atoms with van der Waals surface area (Å²) in [7, 11) is 1.42. The molecule has 1 N–H and O–H groups in total. The zero-order valence-electron chi connectivity index (χ0n) is 13.9. The predicted molar refractivity (Wildman–Crippen MR) is 84.4 cm³/mol. The van der Waals surface area contributed by atoms with Gasteiger partial charge in [0.2, 0.25) is 0 Å². The largest absolute Gasteiger partial charge is 0.453 e. The summed E-state index contributed by atoms with van der Waals surface area (Å²) in [6, 6.07) is 0. The van der Waals surface area contributed by atoms with E-state index in [9.17, 15) is 9.90 Å². The van der Waals surface area contributed by atoms with Gasteiger partial charge in [-0.15, -0.1) is 0 Å². The van der Waals surface area contributed by atoms with E-state index in [4.69, 9.17) is 0 Å². The van der Waals surface area contributed by atoms with Crippen LogP contribution < -0.4 is 0 Å². The van der Waals surface area contributed by atoms with Crippen LogP contribution in [-0.4, -0.2) is 66.4 Å². The number of hydrogen-bond acceptors (Lipinski definition) is 4. The van der Waals surface area contributed by atoms with Crippen molar-refractivity contribution >= 4 is 6.09 Å². The van der Waals surface area contributed by atoms with Gasteiger partial charge in [0, 0.05) is 18.6 Å². The molecule has 3 saturated heterocycles. The van der Waals surface area contributed by atoms with Crippen LogP contribution in [0.3, 0.4) is 0 Å². The van der Waals surface area contributed by atoms with Crippen LogP contribution >= 0.6 is 0 Å². The Bertz CT molecular complexity index is 294. The van der Waals surface area contributed by atoms with Crippen molar-refractivity contribution in [3.8, 4) is 0 Å². The fraction of sp³-hybridized carbons (Fsp3) is 0.938. The molecule has 124 valence electrons. The first-order chi connectivity index (χ1) is 10.2. The number of aliphatic hydroxyl groups is 1. The quantitative estimate of drug-likeness (QED) is 0.808. The van der Waals surface area contributed by atoms with Gasteiger partial charge < -0.3 is 14.7 Å². The van der Waals surface area contributed by atoms with Crippen LogP contribution in [0.2, 0.25) is 0 Å². The third kappa shape index (κ3) is 4.58. The molecule has 0 aliphatic carbocycles. The molecule has 0 unspecified atom stereocenters. The van der Waals surface area contributed by atoms with Crippen LogP contribution in [-0.2, 0) is 4.74 Å². The van der Waals surface area contributed by atoms with E-state index in [1.165, 1.54) is 45.9 Å². The molecule has 3 heterocycles. The van der Waals surface area contributed by atoms with Crippen LogP contribution in [0.5, 0.6) is 0 Å².